The van der Waals surface area contributed by atoms with E-state index in [0.29, 0.717) is 29.8 Å². The molecule has 6 N–H and O–H groups in total. The topological polar surface area (TPSA) is 122 Å². The predicted molar refractivity (Wildman–Crippen MR) is 133 cm³/mol. The molecule has 10 heteroatoms. The van der Waals surface area contributed by atoms with Gasteiger partial charge in [0.05, 0.1) is 11.6 Å². The highest BCUT2D eigenvalue weighted by atomic mass is 19.4. The van der Waals surface area contributed by atoms with Crippen LogP contribution in [0.2, 0.25) is 0 Å². The van der Waals surface area contributed by atoms with Gasteiger partial charge in [-0.3, -0.25) is 4.79 Å². The Hall–Kier alpha value is -4.21. The van der Waals surface area contributed by atoms with Crippen molar-refractivity contribution in [3.05, 3.63) is 82.9 Å². The lowest BCUT2D eigenvalue weighted by Crippen LogP contribution is -2.44. The fraction of sp³-hybridized carbons (Fsp3) is 0.259. The van der Waals surface area contributed by atoms with Gasteiger partial charge in [0.25, 0.3) is 0 Å². The zero-order valence-electron chi connectivity index (χ0n) is 19.9. The van der Waals surface area contributed by atoms with Gasteiger partial charge >= 0.3 is 12.2 Å². The van der Waals surface area contributed by atoms with Crippen LogP contribution in [0.15, 0.2) is 60.7 Å². The summed E-state index contributed by atoms with van der Waals surface area (Å²) in [6.45, 7) is 0.626. The summed E-state index contributed by atoms with van der Waals surface area (Å²) in [6.07, 6.45) is -3.62. The number of nitrogen functional groups attached to an aromatic ring is 1. The summed E-state index contributed by atoms with van der Waals surface area (Å²) < 4.78 is 39.0. The number of primary amides is 1. The molecule has 3 amide bonds. The van der Waals surface area contributed by atoms with Crippen LogP contribution in [-0.4, -0.2) is 28.5 Å². The molecule has 0 spiro atoms. The number of amides is 3. The highest BCUT2D eigenvalue weighted by molar-refractivity contribution is 5.78. The van der Waals surface area contributed by atoms with Crippen LogP contribution in [-0.2, 0) is 23.9 Å². The number of carbonyl (C=O) groups is 2. The van der Waals surface area contributed by atoms with Crippen molar-refractivity contribution in [1.82, 2.24) is 10.2 Å². The summed E-state index contributed by atoms with van der Waals surface area (Å²) in [6, 6.07) is 14.0. The third-order valence-corrected chi connectivity index (χ3v) is 6.42. The van der Waals surface area contributed by atoms with Gasteiger partial charge in [-0.05, 0) is 77.1 Å². The number of urea groups is 1. The molecule has 37 heavy (non-hydrogen) atoms. The molecular weight excluding hydrogens is 485 g/mol. The van der Waals surface area contributed by atoms with E-state index in [1.807, 2.05) is 0 Å². The minimum atomic E-state index is -4.42. The lowest BCUT2D eigenvalue weighted by molar-refractivity contribution is -0.137. The first kappa shape index (κ1) is 25.9. The van der Waals surface area contributed by atoms with Crippen LogP contribution in [0.5, 0.6) is 5.75 Å². The van der Waals surface area contributed by atoms with Crippen molar-refractivity contribution in [3.8, 4) is 16.9 Å². The number of nitrogens with zero attached hydrogens (tertiary/aromatic N) is 1. The van der Waals surface area contributed by atoms with Crippen LogP contribution in [0.1, 0.15) is 41.1 Å². The third kappa shape index (κ3) is 6.14. The Morgan fingerprint density at radius 1 is 1.08 bits per heavy atom. The monoisotopic (exact) mass is 512 g/mol. The summed E-state index contributed by atoms with van der Waals surface area (Å²) in [4.78, 5) is 26.2. The fourth-order valence-corrected chi connectivity index (χ4v) is 4.58. The molecular formula is C27H27F3N4O3. The molecule has 0 aliphatic carbocycles. The van der Waals surface area contributed by atoms with E-state index in [9.17, 15) is 27.9 Å². The molecule has 1 heterocycles. The number of anilines is 1. The molecule has 194 valence electrons. The average Bonchev–Trinajstić information content (AvgIpc) is 2.85. The number of hydrogen-bond acceptors (Lipinski definition) is 4. The molecule has 0 saturated heterocycles. The fourth-order valence-electron chi connectivity index (χ4n) is 4.58. The Morgan fingerprint density at radius 2 is 1.81 bits per heavy atom. The smallest absolute Gasteiger partial charge is 0.416 e. The van der Waals surface area contributed by atoms with Crippen LogP contribution in [0.3, 0.4) is 0 Å². The van der Waals surface area contributed by atoms with Crippen LogP contribution >= 0.6 is 0 Å². The number of phenolic OH excluding ortho intramolecular Hbond substituents is 1. The summed E-state index contributed by atoms with van der Waals surface area (Å²) >= 11 is 0. The number of rotatable bonds is 6. The first-order chi connectivity index (χ1) is 17.5. The lowest BCUT2D eigenvalue weighted by Gasteiger charge is -2.32. The van der Waals surface area contributed by atoms with Crippen molar-refractivity contribution in [1.29, 1.82) is 0 Å². The van der Waals surface area contributed by atoms with E-state index in [2.05, 4.69) is 5.32 Å². The predicted octanol–water partition coefficient (Wildman–Crippen LogP) is 4.73. The molecule has 0 bridgehead atoms. The maximum absolute atomic E-state index is 13.2. The standard InChI is InChI=1S/C27H27F3N4O3/c28-27(29,30)19-6-4-16(5-7-19)23-14-20(31)12-18-15-34(11-10-22(18)23)26(37)33-24(8-9-25(32)36)17-2-1-3-21(35)13-17/h1-7,12-14,24,35H,8-11,15,31H2,(H2,32,36)(H,33,37)/t24-/m0/s1. The van der Waals surface area contributed by atoms with Crippen molar-refractivity contribution < 1.29 is 27.9 Å². The van der Waals surface area contributed by atoms with Crippen molar-refractivity contribution in [3.63, 3.8) is 0 Å². The second kappa shape index (κ2) is 10.4. The summed E-state index contributed by atoms with van der Waals surface area (Å²) in [5, 5.41) is 12.8. The summed E-state index contributed by atoms with van der Waals surface area (Å²) in [5.74, 6) is -0.466. The van der Waals surface area contributed by atoms with Gasteiger partial charge in [-0.1, -0.05) is 24.3 Å². The number of halogens is 3. The molecule has 1 aliphatic rings. The van der Waals surface area contributed by atoms with Gasteiger partial charge in [0, 0.05) is 25.2 Å². The van der Waals surface area contributed by atoms with Gasteiger partial charge < -0.3 is 26.8 Å². The highest BCUT2D eigenvalue weighted by Gasteiger charge is 2.30. The number of benzene rings is 3. The molecule has 0 saturated carbocycles. The van der Waals surface area contributed by atoms with Crippen molar-refractivity contribution >= 4 is 17.6 Å². The number of fused-ring (bicyclic) bond motifs is 1. The molecule has 3 aromatic rings. The Kier molecular flexibility index (Phi) is 7.28. The first-order valence-corrected chi connectivity index (χ1v) is 11.7. The van der Waals surface area contributed by atoms with E-state index in [-0.39, 0.29) is 31.2 Å². The molecule has 0 unspecified atom stereocenters. The van der Waals surface area contributed by atoms with Crippen LogP contribution < -0.4 is 16.8 Å². The minimum absolute atomic E-state index is 0.0361. The molecule has 0 radical (unpaired) electrons. The van der Waals surface area contributed by atoms with Gasteiger partial charge in [0.2, 0.25) is 5.91 Å². The molecule has 1 atom stereocenters. The highest BCUT2D eigenvalue weighted by Crippen LogP contribution is 2.35. The molecule has 1 aliphatic heterocycles. The summed E-state index contributed by atoms with van der Waals surface area (Å²) in [7, 11) is 0. The van der Waals surface area contributed by atoms with E-state index in [1.54, 1.807) is 29.2 Å². The maximum Gasteiger partial charge on any atom is 0.416 e. The minimum Gasteiger partial charge on any atom is -0.508 e. The third-order valence-electron chi connectivity index (χ3n) is 6.42. The first-order valence-electron chi connectivity index (χ1n) is 11.7. The van der Waals surface area contributed by atoms with Gasteiger partial charge in [0.1, 0.15) is 5.75 Å². The molecule has 7 nitrogen and oxygen atoms in total. The number of hydrogen-bond donors (Lipinski definition) is 4. The zero-order chi connectivity index (χ0) is 26.7. The number of alkyl halides is 3. The average molecular weight is 513 g/mol. The van der Waals surface area contributed by atoms with Gasteiger partial charge in [0.15, 0.2) is 0 Å². The van der Waals surface area contributed by atoms with Gasteiger partial charge in [-0.2, -0.15) is 13.2 Å². The van der Waals surface area contributed by atoms with Gasteiger partial charge in [-0.25, -0.2) is 4.79 Å². The van der Waals surface area contributed by atoms with Crippen LogP contribution in [0, 0.1) is 0 Å². The van der Waals surface area contributed by atoms with Crippen molar-refractivity contribution in [2.24, 2.45) is 5.73 Å². The Morgan fingerprint density at radius 3 is 2.46 bits per heavy atom. The number of aromatic hydroxyl groups is 1. The maximum atomic E-state index is 13.2. The SMILES string of the molecule is NC(=O)CC[C@H](NC(=O)N1CCc2c(cc(N)cc2-c2ccc(C(F)(F)F)cc2)C1)c1cccc(O)c1. The van der Waals surface area contributed by atoms with Crippen LogP contribution in [0.4, 0.5) is 23.7 Å². The molecule has 0 aromatic heterocycles. The van der Waals surface area contributed by atoms with Crippen molar-refractivity contribution in [2.75, 3.05) is 12.3 Å². The Balaban J connectivity index is 1.55. The lowest BCUT2D eigenvalue weighted by atomic mass is 9.89. The van der Waals surface area contributed by atoms with Crippen LogP contribution in [0.25, 0.3) is 11.1 Å². The van der Waals surface area contributed by atoms with Gasteiger partial charge in [-0.15, -0.1) is 0 Å². The number of nitrogens with one attached hydrogen (secondary N) is 1. The van der Waals surface area contributed by atoms with E-state index >= 15 is 0 Å². The van der Waals surface area contributed by atoms with E-state index < -0.39 is 23.7 Å². The zero-order valence-corrected chi connectivity index (χ0v) is 19.9. The Bertz CT molecular complexity index is 1310. The quantitative estimate of drug-likeness (QED) is 0.357. The number of nitrogens with two attached hydrogens (primary N) is 2. The van der Waals surface area contributed by atoms with E-state index in [1.165, 1.54) is 24.3 Å². The second-order valence-corrected chi connectivity index (χ2v) is 9.05. The normalized spacial score (nSPS) is 14.1. The largest absolute Gasteiger partial charge is 0.508 e. The van der Waals surface area contributed by atoms with Crippen molar-refractivity contribution in [2.45, 2.75) is 38.0 Å². The summed E-state index contributed by atoms with van der Waals surface area (Å²) in [5.41, 5.74) is 14.9. The van der Waals surface area contributed by atoms with E-state index in [0.717, 1.165) is 28.8 Å². The molecule has 0 fully saturated rings. The van der Waals surface area contributed by atoms with E-state index in [4.69, 9.17) is 11.5 Å². The second-order valence-electron chi connectivity index (χ2n) is 9.05. The Labute approximate surface area is 211 Å². The number of carbonyl (C=O) groups excluding carboxylic acids is 2. The molecule has 3 aromatic carbocycles. The number of phenols is 1. The molecule has 4 rings (SSSR count).